The Labute approximate surface area is 122 Å². The molecule has 1 heterocycles. The molecule has 0 bridgehead atoms. The third-order valence-corrected chi connectivity index (χ3v) is 2.60. The predicted molar refractivity (Wildman–Crippen MR) is 78.1 cm³/mol. The number of nitrogens with zero attached hydrogens (tertiary/aromatic N) is 2. The van der Waals surface area contributed by atoms with Crippen molar-refractivity contribution in [2.24, 2.45) is 5.10 Å². The summed E-state index contributed by atoms with van der Waals surface area (Å²) in [5, 5.41) is 3.78. The minimum absolute atomic E-state index is 0.167. The SMILES string of the molecule is COc1ccc(COC(=O)N/N=C/c2ccncc2)cc1. The third-order valence-electron chi connectivity index (χ3n) is 2.60. The van der Waals surface area contributed by atoms with Gasteiger partial charge in [-0.3, -0.25) is 4.98 Å². The lowest BCUT2D eigenvalue weighted by atomic mass is 10.2. The maximum Gasteiger partial charge on any atom is 0.428 e. The highest BCUT2D eigenvalue weighted by Crippen LogP contribution is 2.11. The van der Waals surface area contributed by atoms with Gasteiger partial charge in [0.2, 0.25) is 0 Å². The quantitative estimate of drug-likeness (QED) is 0.676. The number of aromatic nitrogens is 1. The zero-order chi connectivity index (χ0) is 14.9. The van der Waals surface area contributed by atoms with Gasteiger partial charge in [0.25, 0.3) is 0 Å². The number of amides is 1. The third kappa shape index (κ3) is 4.94. The lowest BCUT2D eigenvalue weighted by Gasteiger charge is -2.05. The Morgan fingerprint density at radius 2 is 1.95 bits per heavy atom. The minimum atomic E-state index is -0.615. The lowest BCUT2D eigenvalue weighted by molar-refractivity contribution is 0.140. The average Bonchev–Trinajstić information content (AvgIpc) is 2.54. The summed E-state index contributed by atoms with van der Waals surface area (Å²) in [5.41, 5.74) is 3.99. The fraction of sp³-hybridized carbons (Fsp3) is 0.133. The molecule has 0 fully saturated rings. The molecule has 2 aromatic rings. The van der Waals surface area contributed by atoms with E-state index in [1.54, 1.807) is 43.8 Å². The number of hydrogen-bond donors (Lipinski definition) is 1. The Morgan fingerprint density at radius 3 is 2.62 bits per heavy atom. The number of carbonyl (C=O) groups is 1. The van der Waals surface area contributed by atoms with Crippen molar-refractivity contribution in [3.63, 3.8) is 0 Å². The second kappa shape index (κ2) is 7.64. The summed E-state index contributed by atoms with van der Waals surface area (Å²) in [7, 11) is 1.60. The Bertz CT molecular complexity index is 597. The number of pyridine rings is 1. The molecule has 0 aliphatic heterocycles. The van der Waals surface area contributed by atoms with E-state index in [1.807, 2.05) is 12.1 Å². The predicted octanol–water partition coefficient (Wildman–Crippen LogP) is 2.35. The molecule has 2 rings (SSSR count). The first-order valence-corrected chi connectivity index (χ1v) is 6.27. The molecule has 0 aliphatic carbocycles. The summed E-state index contributed by atoms with van der Waals surface area (Å²) in [6, 6.07) is 10.8. The van der Waals surface area contributed by atoms with Crippen LogP contribution < -0.4 is 10.2 Å². The molecule has 0 saturated heterocycles. The molecule has 0 spiro atoms. The van der Waals surface area contributed by atoms with Crippen molar-refractivity contribution in [3.8, 4) is 5.75 Å². The van der Waals surface area contributed by atoms with E-state index in [2.05, 4.69) is 15.5 Å². The molecule has 1 amide bonds. The Hall–Kier alpha value is -2.89. The number of ether oxygens (including phenoxy) is 2. The summed E-state index contributed by atoms with van der Waals surface area (Å²) >= 11 is 0. The van der Waals surface area contributed by atoms with Crippen LogP contribution >= 0.6 is 0 Å². The van der Waals surface area contributed by atoms with E-state index in [1.165, 1.54) is 6.21 Å². The van der Waals surface area contributed by atoms with Gasteiger partial charge in [-0.1, -0.05) is 12.1 Å². The van der Waals surface area contributed by atoms with Gasteiger partial charge >= 0.3 is 6.09 Å². The summed E-state index contributed by atoms with van der Waals surface area (Å²) in [6.45, 7) is 0.167. The first kappa shape index (κ1) is 14.5. The average molecular weight is 285 g/mol. The van der Waals surface area contributed by atoms with E-state index in [-0.39, 0.29) is 6.61 Å². The Morgan fingerprint density at radius 1 is 1.24 bits per heavy atom. The standard InChI is InChI=1S/C15H15N3O3/c1-20-14-4-2-13(3-5-14)11-21-15(19)18-17-10-12-6-8-16-9-7-12/h2-10H,11H2,1H3,(H,18,19)/b17-10+. The highest BCUT2D eigenvalue weighted by atomic mass is 16.6. The number of methoxy groups -OCH3 is 1. The fourth-order valence-corrected chi connectivity index (χ4v) is 1.51. The highest BCUT2D eigenvalue weighted by molar-refractivity contribution is 5.80. The molecular formula is C15H15N3O3. The number of nitrogens with one attached hydrogen (secondary N) is 1. The molecule has 0 aliphatic rings. The molecule has 1 aromatic carbocycles. The van der Waals surface area contributed by atoms with Gasteiger partial charge in [-0.05, 0) is 35.4 Å². The normalized spacial score (nSPS) is 10.3. The summed E-state index contributed by atoms with van der Waals surface area (Å²) < 4.78 is 10.1. The Kier molecular flexibility index (Phi) is 5.28. The monoisotopic (exact) mass is 285 g/mol. The fourth-order valence-electron chi connectivity index (χ4n) is 1.51. The van der Waals surface area contributed by atoms with Gasteiger partial charge < -0.3 is 9.47 Å². The van der Waals surface area contributed by atoms with Crippen LogP contribution in [-0.4, -0.2) is 24.4 Å². The van der Waals surface area contributed by atoms with E-state index in [0.717, 1.165) is 16.9 Å². The second-order valence-corrected chi connectivity index (χ2v) is 4.07. The zero-order valence-corrected chi connectivity index (χ0v) is 11.5. The first-order chi connectivity index (χ1) is 10.3. The molecule has 1 N–H and O–H groups in total. The molecule has 0 unspecified atom stereocenters. The van der Waals surface area contributed by atoms with Gasteiger partial charge in [-0.2, -0.15) is 5.10 Å². The molecular weight excluding hydrogens is 270 g/mol. The molecule has 6 nitrogen and oxygen atoms in total. The van der Waals surface area contributed by atoms with Crippen molar-refractivity contribution >= 4 is 12.3 Å². The number of hydrogen-bond acceptors (Lipinski definition) is 5. The minimum Gasteiger partial charge on any atom is -0.497 e. The van der Waals surface area contributed by atoms with Crippen LogP contribution in [0.1, 0.15) is 11.1 Å². The van der Waals surface area contributed by atoms with Gasteiger partial charge in [0.05, 0.1) is 13.3 Å². The van der Waals surface area contributed by atoms with Crippen LogP contribution in [0.25, 0.3) is 0 Å². The van der Waals surface area contributed by atoms with Crippen molar-refractivity contribution < 1.29 is 14.3 Å². The topological polar surface area (TPSA) is 72.8 Å². The maximum absolute atomic E-state index is 11.4. The van der Waals surface area contributed by atoms with E-state index < -0.39 is 6.09 Å². The number of hydrazone groups is 1. The van der Waals surface area contributed by atoms with Crippen LogP contribution in [-0.2, 0) is 11.3 Å². The van der Waals surface area contributed by atoms with Crippen LogP contribution in [0.4, 0.5) is 4.79 Å². The maximum atomic E-state index is 11.4. The van der Waals surface area contributed by atoms with E-state index in [4.69, 9.17) is 9.47 Å². The van der Waals surface area contributed by atoms with Crippen LogP contribution in [0.2, 0.25) is 0 Å². The number of rotatable bonds is 5. The van der Waals surface area contributed by atoms with Crippen molar-refractivity contribution in [1.29, 1.82) is 0 Å². The number of carbonyl (C=O) groups excluding carboxylic acids is 1. The molecule has 0 atom stereocenters. The smallest absolute Gasteiger partial charge is 0.428 e. The molecule has 21 heavy (non-hydrogen) atoms. The van der Waals surface area contributed by atoms with E-state index in [9.17, 15) is 4.79 Å². The van der Waals surface area contributed by atoms with Crippen molar-refractivity contribution in [2.45, 2.75) is 6.61 Å². The van der Waals surface area contributed by atoms with Gasteiger partial charge in [-0.15, -0.1) is 0 Å². The van der Waals surface area contributed by atoms with Crippen LogP contribution in [0.3, 0.4) is 0 Å². The van der Waals surface area contributed by atoms with Gasteiger partial charge in [0, 0.05) is 12.4 Å². The van der Waals surface area contributed by atoms with Gasteiger partial charge in [0.1, 0.15) is 12.4 Å². The van der Waals surface area contributed by atoms with Crippen molar-refractivity contribution in [1.82, 2.24) is 10.4 Å². The molecule has 1 aromatic heterocycles. The van der Waals surface area contributed by atoms with Crippen molar-refractivity contribution in [3.05, 3.63) is 59.9 Å². The molecule has 0 radical (unpaired) electrons. The van der Waals surface area contributed by atoms with E-state index in [0.29, 0.717) is 0 Å². The van der Waals surface area contributed by atoms with Crippen LogP contribution in [0.5, 0.6) is 5.75 Å². The van der Waals surface area contributed by atoms with E-state index >= 15 is 0 Å². The summed E-state index contributed by atoms with van der Waals surface area (Å²) in [6.07, 6.45) is 4.18. The second-order valence-electron chi connectivity index (χ2n) is 4.07. The Balaban J connectivity index is 1.75. The van der Waals surface area contributed by atoms with Crippen LogP contribution in [0.15, 0.2) is 53.9 Å². The van der Waals surface area contributed by atoms with Crippen molar-refractivity contribution in [2.75, 3.05) is 7.11 Å². The van der Waals surface area contributed by atoms with Gasteiger partial charge in [0.15, 0.2) is 0 Å². The zero-order valence-electron chi connectivity index (χ0n) is 11.5. The first-order valence-electron chi connectivity index (χ1n) is 6.27. The molecule has 0 saturated carbocycles. The summed E-state index contributed by atoms with van der Waals surface area (Å²) in [5.74, 6) is 0.755. The van der Waals surface area contributed by atoms with Crippen LogP contribution in [0, 0.1) is 0 Å². The largest absolute Gasteiger partial charge is 0.497 e. The number of benzene rings is 1. The lowest BCUT2D eigenvalue weighted by Crippen LogP contribution is -2.18. The molecule has 6 heteroatoms. The van der Waals surface area contributed by atoms with Gasteiger partial charge in [-0.25, -0.2) is 10.2 Å². The highest BCUT2D eigenvalue weighted by Gasteiger charge is 2.01. The summed E-state index contributed by atoms with van der Waals surface area (Å²) in [4.78, 5) is 15.3. The molecule has 108 valence electrons.